The van der Waals surface area contributed by atoms with E-state index in [-0.39, 0.29) is 11.9 Å². The van der Waals surface area contributed by atoms with E-state index in [2.05, 4.69) is 4.98 Å². The van der Waals surface area contributed by atoms with Crippen molar-refractivity contribution in [2.24, 2.45) is 5.92 Å². The van der Waals surface area contributed by atoms with Crippen molar-refractivity contribution >= 4 is 23.5 Å². The monoisotopic (exact) mass is 329 g/mol. The lowest BCUT2D eigenvalue weighted by atomic mass is 9.65. The van der Waals surface area contributed by atoms with Gasteiger partial charge in [0.2, 0.25) is 5.91 Å². The Morgan fingerprint density at radius 2 is 2.17 bits per heavy atom. The molecule has 2 amide bonds. The molecule has 3 aliphatic rings. The Morgan fingerprint density at radius 3 is 2.88 bits per heavy atom. The zero-order chi connectivity index (χ0) is 17.2. The molecule has 1 saturated heterocycles. The molecular weight excluding hydrogens is 306 g/mol. The van der Waals surface area contributed by atoms with Crippen molar-refractivity contribution in [2.75, 3.05) is 16.8 Å². The molecule has 2 fully saturated rings. The van der Waals surface area contributed by atoms with Crippen LogP contribution in [-0.2, 0) is 9.53 Å². The highest BCUT2D eigenvalue weighted by molar-refractivity contribution is 5.98. The summed E-state index contributed by atoms with van der Waals surface area (Å²) >= 11 is 0. The maximum atomic E-state index is 12.3. The second-order valence-electron chi connectivity index (χ2n) is 8.04. The number of amides is 2. The van der Waals surface area contributed by atoms with Crippen LogP contribution in [0.4, 0.5) is 16.3 Å². The van der Waals surface area contributed by atoms with Gasteiger partial charge >= 0.3 is 6.09 Å². The first-order chi connectivity index (χ1) is 11.3. The van der Waals surface area contributed by atoms with Crippen LogP contribution in [0, 0.1) is 5.92 Å². The summed E-state index contributed by atoms with van der Waals surface area (Å²) in [5, 5.41) is 0. The Labute approximate surface area is 141 Å². The highest BCUT2D eigenvalue weighted by Gasteiger charge is 2.56. The van der Waals surface area contributed by atoms with E-state index < -0.39 is 11.7 Å². The smallest absolute Gasteiger partial charge is 0.414 e. The van der Waals surface area contributed by atoms with Crippen LogP contribution >= 0.6 is 0 Å². The number of pyridine rings is 1. The zero-order valence-corrected chi connectivity index (χ0v) is 14.6. The lowest BCUT2D eigenvalue weighted by Crippen LogP contribution is -2.54. The lowest BCUT2D eigenvalue weighted by molar-refractivity contribution is -0.122. The summed E-state index contributed by atoms with van der Waals surface area (Å²) < 4.78 is 5.42. The van der Waals surface area contributed by atoms with Gasteiger partial charge in [0.1, 0.15) is 11.4 Å². The van der Waals surface area contributed by atoms with Crippen LogP contribution < -0.4 is 9.80 Å². The number of fused-ring (bicyclic) bond motifs is 3. The van der Waals surface area contributed by atoms with Crippen molar-refractivity contribution < 1.29 is 14.3 Å². The van der Waals surface area contributed by atoms with Crippen LogP contribution in [0.2, 0.25) is 0 Å². The van der Waals surface area contributed by atoms with E-state index in [1.807, 2.05) is 31.7 Å². The molecule has 6 nitrogen and oxygen atoms in total. The van der Waals surface area contributed by atoms with E-state index in [4.69, 9.17) is 4.74 Å². The Hall–Kier alpha value is -2.11. The Bertz CT molecular complexity index is 725. The molecule has 4 rings (SSSR count). The van der Waals surface area contributed by atoms with Gasteiger partial charge in [0.15, 0.2) is 0 Å². The summed E-state index contributed by atoms with van der Waals surface area (Å²) in [5.74, 6) is 1.95. The number of piperidine rings is 1. The number of carbonyl (C=O) groups excluding carboxylic acids is 2. The van der Waals surface area contributed by atoms with Crippen LogP contribution in [0.1, 0.15) is 51.5 Å². The van der Waals surface area contributed by atoms with Crippen LogP contribution in [0.25, 0.3) is 0 Å². The van der Waals surface area contributed by atoms with Gasteiger partial charge in [-0.1, -0.05) is 0 Å². The molecule has 0 bridgehead atoms. The standard InChI is InChI=1S/C18H23N3O3/c1-18(2,3)24-17(23)20(4)11-8-13-12-7-10-5-6-14(22)21(15(10)12)16(13)19-9-11/h8-10,12,15H,5-7H2,1-4H3/t10?,12-,15-/m0/s1. The molecule has 24 heavy (non-hydrogen) atoms. The number of anilines is 2. The topological polar surface area (TPSA) is 62.7 Å². The Kier molecular flexibility index (Phi) is 3.18. The summed E-state index contributed by atoms with van der Waals surface area (Å²) in [6, 6.07) is 2.29. The van der Waals surface area contributed by atoms with Gasteiger partial charge < -0.3 is 4.74 Å². The largest absolute Gasteiger partial charge is 0.443 e. The van der Waals surface area contributed by atoms with Crippen LogP contribution in [0.3, 0.4) is 0 Å². The molecular formula is C18H23N3O3. The fraction of sp³-hybridized carbons (Fsp3) is 0.611. The fourth-order valence-corrected chi connectivity index (χ4v) is 4.14. The van der Waals surface area contributed by atoms with Gasteiger partial charge in [-0.15, -0.1) is 0 Å². The number of rotatable bonds is 1. The van der Waals surface area contributed by atoms with E-state index in [0.717, 1.165) is 24.2 Å². The first kappa shape index (κ1) is 15.4. The molecule has 0 N–H and O–H groups in total. The van der Waals surface area contributed by atoms with Gasteiger partial charge in [-0.05, 0) is 45.6 Å². The molecule has 1 aromatic heterocycles. The maximum Gasteiger partial charge on any atom is 0.414 e. The van der Waals surface area contributed by atoms with Gasteiger partial charge in [0.25, 0.3) is 0 Å². The zero-order valence-electron chi connectivity index (χ0n) is 14.6. The van der Waals surface area contributed by atoms with E-state index in [9.17, 15) is 9.59 Å². The summed E-state index contributed by atoms with van der Waals surface area (Å²) in [6.45, 7) is 5.54. The van der Waals surface area contributed by atoms with E-state index in [0.29, 0.717) is 23.9 Å². The van der Waals surface area contributed by atoms with Gasteiger partial charge in [0, 0.05) is 31.0 Å². The highest BCUT2D eigenvalue weighted by atomic mass is 16.6. The molecule has 0 spiro atoms. The normalized spacial score (nSPS) is 27.2. The van der Waals surface area contributed by atoms with E-state index >= 15 is 0 Å². The molecule has 1 aliphatic carbocycles. The highest BCUT2D eigenvalue weighted by Crippen LogP contribution is 2.57. The summed E-state index contributed by atoms with van der Waals surface area (Å²) in [4.78, 5) is 32.5. The minimum absolute atomic E-state index is 0.181. The van der Waals surface area contributed by atoms with E-state index in [1.165, 1.54) is 4.90 Å². The Morgan fingerprint density at radius 1 is 1.42 bits per heavy atom. The molecule has 6 heteroatoms. The molecule has 1 unspecified atom stereocenters. The van der Waals surface area contributed by atoms with Gasteiger partial charge in [0.05, 0.1) is 11.9 Å². The van der Waals surface area contributed by atoms with Crippen LogP contribution in [0.15, 0.2) is 12.3 Å². The third kappa shape index (κ3) is 2.19. The van der Waals surface area contributed by atoms with Gasteiger partial charge in [-0.25, -0.2) is 9.78 Å². The average Bonchev–Trinajstić information content (AvgIpc) is 2.76. The molecule has 0 radical (unpaired) electrons. The van der Waals surface area contributed by atoms with Crippen molar-refractivity contribution in [1.29, 1.82) is 0 Å². The third-order valence-electron chi connectivity index (χ3n) is 5.31. The lowest BCUT2D eigenvalue weighted by Gasteiger charge is -2.47. The van der Waals surface area contributed by atoms with Crippen LogP contribution in [-0.4, -0.2) is 35.7 Å². The minimum Gasteiger partial charge on any atom is -0.443 e. The second kappa shape index (κ2) is 4.94. The van der Waals surface area contributed by atoms with Gasteiger partial charge in [-0.3, -0.25) is 14.6 Å². The number of nitrogens with zero attached hydrogens (tertiary/aromatic N) is 3. The summed E-state index contributed by atoms with van der Waals surface area (Å²) in [6.07, 6.45) is 3.99. The predicted octanol–water partition coefficient (Wildman–Crippen LogP) is 3.07. The summed E-state index contributed by atoms with van der Waals surface area (Å²) in [7, 11) is 1.69. The molecule has 2 aliphatic heterocycles. The van der Waals surface area contributed by atoms with Crippen molar-refractivity contribution in [3.63, 3.8) is 0 Å². The number of aromatic nitrogens is 1. The first-order valence-electron chi connectivity index (χ1n) is 8.55. The molecule has 1 aromatic rings. The fourth-order valence-electron chi connectivity index (χ4n) is 4.14. The molecule has 1 saturated carbocycles. The van der Waals surface area contributed by atoms with Crippen molar-refractivity contribution in [3.8, 4) is 0 Å². The van der Waals surface area contributed by atoms with E-state index in [1.54, 1.807) is 13.2 Å². The SMILES string of the molecule is CN(C(=O)OC(C)(C)C)c1cnc2c(c1)[C@@H]1CC3CCC(=O)N2[C@@H]31. The summed E-state index contributed by atoms with van der Waals surface area (Å²) in [5.41, 5.74) is 1.27. The minimum atomic E-state index is -0.538. The number of hydrogen-bond acceptors (Lipinski definition) is 4. The van der Waals surface area contributed by atoms with Crippen molar-refractivity contribution in [3.05, 3.63) is 17.8 Å². The molecule has 3 atom stereocenters. The maximum absolute atomic E-state index is 12.3. The predicted molar refractivity (Wildman–Crippen MR) is 90.2 cm³/mol. The Balaban J connectivity index is 1.63. The number of hydrogen-bond donors (Lipinski definition) is 0. The second-order valence-corrected chi connectivity index (χ2v) is 8.04. The van der Waals surface area contributed by atoms with Crippen molar-refractivity contribution in [2.45, 2.75) is 57.6 Å². The molecule has 0 aromatic carbocycles. The number of carbonyl (C=O) groups is 2. The van der Waals surface area contributed by atoms with Gasteiger partial charge in [-0.2, -0.15) is 0 Å². The quantitative estimate of drug-likeness (QED) is 0.794. The number of ether oxygens (including phenoxy) is 1. The average molecular weight is 329 g/mol. The molecule has 3 heterocycles. The first-order valence-corrected chi connectivity index (χ1v) is 8.55. The van der Waals surface area contributed by atoms with Crippen LogP contribution in [0.5, 0.6) is 0 Å². The molecule has 128 valence electrons. The third-order valence-corrected chi connectivity index (χ3v) is 5.31. The van der Waals surface area contributed by atoms with Crippen molar-refractivity contribution in [1.82, 2.24) is 4.98 Å².